The van der Waals surface area contributed by atoms with Crippen LogP contribution in [-0.2, 0) is 13.6 Å². The first-order valence-electron chi connectivity index (χ1n) is 6.36. The van der Waals surface area contributed by atoms with Crippen LogP contribution in [0.2, 0.25) is 31.7 Å². The Morgan fingerprint density at radius 3 is 2.11 bits per heavy atom. The molecule has 0 aliphatic carbocycles. The van der Waals surface area contributed by atoms with E-state index in [4.69, 9.17) is 8.85 Å². The Morgan fingerprint density at radius 1 is 1.28 bits per heavy atom. The summed E-state index contributed by atoms with van der Waals surface area (Å²) in [5.74, 6) is -0.119. The fourth-order valence-corrected chi connectivity index (χ4v) is 48.7. The smallest absolute Gasteiger partial charge is 0.307 e. The van der Waals surface area contributed by atoms with Crippen LogP contribution in [0.25, 0.3) is 0 Å². The minimum atomic E-state index is -2.11. The molecule has 106 valence electrons. The fourth-order valence-electron chi connectivity index (χ4n) is 2.70. The molecule has 0 spiro atoms. The van der Waals surface area contributed by atoms with Crippen LogP contribution in [0, 0.1) is 0 Å². The molecule has 3 nitrogen and oxygen atoms in total. The van der Waals surface area contributed by atoms with Gasteiger partial charge in [-0.3, -0.25) is 4.79 Å². The van der Waals surface area contributed by atoms with Crippen molar-refractivity contribution < 1.29 is 13.6 Å². The van der Waals surface area contributed by atoms with Crippen molar-refractivity contribution in [2.45, 2.75) is 65.0 Å². The van der Waals surface area contributed by atoms with E-state index >= 15 is 0 Å². The van der Waals surface area contributed by atoms with E-state index in [1.54, 1.807) is 6.92 Å². The molecule has 2 atom stereocenters. The molecule has 0 radical (unpaired) electrons. The summed E-state index contributed by atoms with van der Waals surface area (Å²) >= 11 is 2.54. The molecule has 1 fully saturated rings. The molecule has 0 saturated carbocycles. The van der Waals surface area contributed by atoms with E-state index in [-0.39, 0.29) is 11.6 Å². The molecule has 1 rings (SSSR count). The number of hydrogen-bond donors (Lipinski definition) is 0. The highest BCUT2D eigenvalue weighted by atomic mass is 127. The van der Waals surface area contributed by atoms with Gasteiger partial charge < -0.3 is 8.85 Å². The Labute approximate surface area is 126 Å². The van der Waals surface area contributed by atoms with Crippen molar-refractivity contribution in [3.63, 3.8) is 0 Å². The second-order valence-corrected chi connectivity index (χ2v) is 38.3. The third kappa shape index (κ3) is 2.40. The number of hydrogen-bond acceptors (Lipinski definition) is 3. The molecular weight excluding hydrogens is 391 g/mol. The molecule has 0 aromatic heterocycles. The quantitative estimate of drug-likeness (QED) is 0.372. The molecule has 18 heavy (non-hydrogen) atoms. The van der Waals surface area contributed by atoms with Crippen LogP contribution in [0.3, 0.4) is 0 Å². The van der Waals surface area contributed by atoms with Gasteiger partial charge in [-0.2, -0.15) is 0 Å². The molecule has 1 aliphatic heterocycles. The van der Waals surface area contributed by atoms with E-state index in [1.165, 1.54) is 0 Å². The van der Waals surface area contributed by atoms with Gasteiger partial charge in [-0.05, 0) is 26.9 Å². The minimum absolute atomic E-state index is 0.119. The van der Waals surface area contributed by atoms with E-state index < -0.39 is 20.3 Å². The van der Waals surface area contributed by atoms with E-state index in [1.807, 2.05) is 0 Å². The molecule has 7 heteroatoms. The van der Waals surface area contributed by atoms with Crippen LogP contribution in [0.5, 0.6) is 0 Å². The van der Waals surface area contributed by atoms with E-state index in [0.717, 1.165) is 0 Å². The van der Waals surface area contributed by atoms with Gasteiger partial charge in [0.15, 0.2) is 7.83 Å². The molecule has 0 aromatic carbocycles. The molecule has 2 unspecified atom stereocenters. The second kappa shape index (κ2) is 4.68. The average Bonchev–Trinajstić information content (AvgIpc) is 2.11. The molecule has 0 amide bonds. The lowest BCUT2D eigenvalue weighted by Crippen LogP contribution is -2.80. The van der Waals surface area contributed by atoms with Gasteiger partial charge in [0, 0.05) is 12.5 Å². The lowest BCUT2D eigenvalue weighted by Gasteiger charge is -2.59. The van der Waals surface area contributed by atoms with Crippen molar-refractivity contribution in [3.05, 3.63) is 0 Å². The molecule has 1 heterocycles. The average molecular weight is 416 g/mol. The Balaban J connectivity index is 3.37. The summed E-state index contributed by atoms with van der Waals surface area (Å²) in [5.41, 5.74) is 0.151. The fraction of sp³-hybridized carbons (Fsp3) is 0.909. The summed E-state index contributed by atoms with van der Waals surface area (Å²) in [5, 5.41) is -2.11. The lowest BCUT2D eigenvalue weighted by molar-refractivity contribution is -0.132. The first-order valence-corrected chi connectivity index (χ1v) is 19.4. The molecule has 0 aromatic rings. The Kier molecular flexibility index (Phi) is 4.38. The van der Waals surface area contributed by atoms with Crippen LogP contribution >= 0.6 is 21.8 Å². The first-order chi connectivity index (χ1) is 7.78. The zero-order valence-corrected chi connectivity index (χ0v) is 17.8. The molecule has 0 bridgehead atoms. The second-order valence-electron chi connectivity index (χ2n) is 6.80. The Morgan fingerprint density at radius 2 is 1.72 bits per heavy atom. The van der Waals surface area contributed by atoms with Gasteiger partial charge in [-0.15, -0.1) is 0 Å². The van der Waals surface area contributed by atoms with Crippen LogP contribution in [-0.4, -0.2) is 31.8 Å². The van der Waals surface area contributed by atoms with Gasteiger partial charge in [0.2, 0.25) is 0 Å². The SMILES string of the molecule is CC(=O)O[Si]1(I)C(C)C(C)(C)O[Si](C)(C)[Si]1(C)C. The third-order valence-corrected chi connectivity index (χ3v) is 57.9. The van der Waals surface area contributed by atoms with Gasteiger partial charge in [0.1, 0.15) is 7.11 Å². The Bertz CT molecular complexity index is 371. The van der Waals surface area contributed by atoms with Gasteiger partial charge in [0.25, 0.3) is 5.97 Å². The van der Waals surface area contributed by atoms with Gasteiger partial charge >= 0.3 is 5.33 Å². The maximum atomic E-state index is 11.6. The zero-order valence-electron chi connectivity index (χ0n) is 12.7. The maximum absolute atomic E-state index is 11.6. The van der Waals surface area contributed by atoms with E-state index in [2.05, 4.69) is 68.8 Å². The van der Waals surface area contributed by atoms with Crippen LogP contribution in [0.1, 0.15) is 27.7 Å². The number of rotatable bonds is 1. The number of halogens is 1. The van der Waals surface area contributed by atoms with Crippen molar-refractivity contribution in [1.82, 2.24) is 0 Å². The van der Waals surface area contributed by atoms with Crippen molar-refractivity contribution in [1.29, 1.82) is 0 Å². The van der Waals surface area contributed by atoms with Crippen molar-refractivity contribution >= 4 is 48.0 Å². The first kappa shape index (κ1) is 16.9. The van der Waals surface area contributed by atoms with Crippen molar-refractivity contribution in [2.75, 3.05) is 0 Å². The van der Waals surface area contributed by atoms with Gasteiger partial charge in [0.05, 0.1) is 5.60 Å². The normalized spacial score (nSPS) is 37.1. The summed E-state index contributed by atoms with van der Waals surface area (Å²) in [4.78, 5) is 11.6. The number of carbonyl (C=O) groups is 1. The maximum Gasteiger partial charge on any atom is 0.307 e. The summed E-state index contributed by atoms with van der Waals surface area (Å²) in [6.45, 7) is 17.4. The van der Waals surface area contributed by atoms with Gasteiger partial charge in [-0.1, -0.05) is 41.8 Å². The van der Waals surface area contributed by atoms with Crippen LogP contribution in [0.15, 0.2) is 0 Å². The van der Waals surface area contributed by atoms with Crippen molar-refractivity contribution in [2.24, 2.45) is 0 Å². The minimum Gasteiger partial charge on any atom is -0.512 e. The largest absolute Gasteiger partial charge is 0.512 e. The molecular formula is C11H25IO3Si3. The third-order valence-electron chi connectivity index (χ3n) is 4.77. The lowest BCUT2D eigenvalue weighted by atomic mass is 10.1. The standard InChI is InChI=1S/C11H25IO3Si3/c1-9-11(3,4)15-16(5,6)17(7,8)18(9,12)14-10(2)13/h9H,1-8H3. The highest BCUT2D eigenvalue weighted by Crippen LogP contribution is 2.53. The Hall–Kier alpha value is 0.811. The topological polar surface area (TPSA) is 35.5 Å². The van der Waals surface area contributed by atoms with E-state index in [9.17, 15) is 4.79 Å². The zero-order chi connectivity index (χ0) is 14.6. The van der Waals surface area contributed by atoms with Crippen LogP contribution in [0.4, 0.5) is 0 Å². The highest BCUT2D eigenvalue weighted by molar-refractivity contribution is 14.1. The van der Waals surface area contributed by atoms with Crippen LogP contribution < -0.4 is 0 Å². The summed E-state index contributed by atoms with van der Waals surface area (Å²) in [7, 11) is -3.47. The summed E-state index contributed by atoms with van der Waals surface area (Å²) in [6, 6.07) is 0. The van der Waals surface area contributed by atoms with Gasteiger partial charge in [-0.25, -0.2) is 0 Å². The predicted octanol–water partition coefficient (Wildman–Crippen LogP) is 3.70. The molecule has 0 N–H and O–H groups in total. The highest BCUT2D eigenvalue weighted by Gasteiger charge is 2.71. The number of carbonyl (C=O) groups excluding carboxylic acids is 1. The summed E-state index contributed by atoms with van der Waals surface area (Å²) in [6.07, 6.45) is 0. The molecule has 1 aliphatic rings. The monoisotopic (exact) mass is 416 g/mol. The summed E-state index contributed by atoms with van der Waals surface area (Å²) < 4.78 is 12.5. The predicted molar refractivity (Wildman–Crippen MR) is 91.1 cm³/mol. The molecule has 1 saturated heterocycles. The van der Waals surface area contributed by atoms with Crippen molar-refractivity contribution in [3.8, 4) is 0 Å². The van der Waals surface area contributed by atoms with E-state index in [0.29, 0.717) is 5.54 Å².